The number of carbonyl (C=O) groups excluding carboxylic acids is 1. The third-order valence-electron chi connectivity index (χ3n) is 3.87. The van der Waals surface area contributed by atoms with Crippen molar-refractivity contribution in [2.75, 3.05) is 13.1 Å². The predicted molar refractivity (Wildman–Crippen MR) is 83.0 cm³/mol. The number of hydrogen-bond donors (Lipinski definition) is 1. The molecule has 23 heavy (non-hydrogen) atoms. The number of amides is 1. The van der Waals surface area contributed by atoms with E-state index < -0.39 is 11.9 Å². The molecule has 1 aromatic heterocycles. The number of carbonyl (C=O) groups is 2. The van der Waals surface area contributed by atoms with E-state index in [4.69, 9.17) is 21.1 Å². The van der Waals surface area contributed by atoms with Crippen LogP contribution < -0.4 is 0 Å². The van der Waals surface area contributed by atoms with E-state index in [0.29, 0.717) is 29.6 Å². The lowest BCUT2D eigenvalue weighted by Crippen LogP contribution is -2.31. The average molecular weight is 335 g/mol. The molecule has 1 fully saturated rings. The van der Waals surface area contributed by atoms with E-state index in [9.17, 15) is 9.59 Å². The fourth-order valence-corrected chi connectivity index (χ4v) is 2.69. The molecule has 1 saturated heterocycles. The molecule has 3 rings (SSSR count). The first-order valence-electron chi connectivity index (χ1n) is 7.24. The molecule has 1 aliphatic heterocycles. The maximum absolute atomic E-state index is 12.2. The second-order valence-electron chi connectivity index (χ2n) is 5.49. The van der Waals surface area contributed by atoms with E-state index in [2.05, 4.69) is 4.98 Å². The molecule has 2 aromatic rings. The Balaban J connectivity index is 1.64. The molecule has 2 heterocycles. The molecule has 0 unspecified atom stereocenters. The fraction of sp³-hybridized carbons (Fsp3) is 0.312. The summed E-state index contributed by atoms with van der Waals surface area (Å²) in [7, 11) is 0. The maximum Gasteiger partial charge on any atom is 0.308 e. The fourth-order valence-electron chi connectivity index (χ4n) is 2.57. The average Bonchev–Trinajstić information content (AvgIpc) is 3.17. The lowest BCUT2D eigenvalue weighted by Gasteiger charge is -2.14. The number of aliphatic carboxylic acids is 1. The van der Waals surface area contributed by atoms with Crippen LogP contribution in [0, 0.1) is 5.92 Å². The molecule has 1 aromatic carbocycles. The molecule has 7 heteroatoms. The number of nitrogens with zero attached hydrogens (tertiary/aromatic N) is 2. The molecule has 1 aliphatic rings. The Morgan fingerprint density at radius 1 is 1.35 bits per heavy atom. The number of aromatic nitrogens is 1. The maximum atomic E-state index is 12.2. The number of benzene rings is 1. The van der Waals surface area contributed by atoms with Gasteiger partial charge >= 0.3 is 5.97 Å². The van der Waals surface area contributed by atoms with Crippen molar-refractivity contribution in [3.8, 4) is 11.5 Å². The Kier molecular flexibility index (Phi) is 4.34. The van der Waals surface area contributed by atoms with Gasteiger partial charge in [0.05, 0.1) is 18.0 Å². The summed E-state index contributed by atoms with van der Waals surface area (Å²) >= 11 is 5.84. The molecule has 0 radical (unpaired) electrons. The first-order valence-corrected chi connectivity index (χ1v) is 7.61. The molecular weight excluding hydrogens is 320 g/mol. The highest BCUT2D eigenvalue weighted by molar-refractivity contribution is 6.30. The van der Waals surface area contributed by atoms with Gasteiger partial charge in [0.25, 0.3) is 0 Å². The van der Waals surface area contributed by atoms with E-state index in [1.165, 1.54) is 6.26 Å². The second-order valence-corrected chi connectivity index (χ2v) is 5.93. The molecule has 1 atom stereocenters. The molecule has 1 amide bonds. The predicted octanol–water partition coefficient (Wildman–Crippen LogP) is 2.47. The zero-order valence-electron chi connectivity index (χ0n) is 12.2. The summed E-state index contributed by atoms with van der Waals surface area (Å²) in [6.45, 7) is 0.730. The van der Waals surface area contributed by atoms with Crippen LogP contribution in [0.1, 0.15) is 12.1 Å². The van der Waals surface area contributed by atoms with Gasteiger partial charge in [-0.2, -0.15) is 0 Å². The van der Waals surface area contributed by atoms with Gasteiger partial charge in [-0.05, 0) is 30.7 Å². The summed E-state index contributed by atoms with van der Waals surface area (Å²) in [5.74, 6) is -1.04. The summed E-state index contributed by atoms with van der Waals surface area (Å²) in [5.41, 5.74) is 1.30. The lowest BCUT2D eigenvalue weighted by molar-refractivity contribution is -0.141. The minimum absolute atomic E-state index is 0.101. The van der Waals surface area contributed by atoms with Crippen LogP contribution in [0.25, 0.3) is 11.5 Å². The summed E-state index contributed by atoms with van der Waals surface area (Å²) in [5, 5.41) is 9.60. The molecule has 0 spiro atoms. The minimum Gasteiger partial charge on any atom is -0.481 e. The lowest BCUT2D eigenvalue weighted by atomic mass is 10.1. The van der Waals surface area contributed by atoms with Crippen molar-refractivity contribution in [3.05, 3.63) is 41.2 Å². The van der Waals surface area contributed by atoms with Gasteiger partial charge in [0, 0.05) is 23.7 Å². The molecule has 6 nitrogen and oxygen atoms in total. The van der Waals surface area contributed by atoms with Crippen LogP contribution >= 0.6 is 11.6 Å². The van der Waals surface area contributed by atoms with E-state index >= 15 is 0 Å². The van der Waals surface area contributed by atoms with Crippen LogP contribution in [0.5, 0.6) is 0 Å². The highest BCUT2D eigenvalue weighted by Crippen LogP contribution is 2.22. The third-order valence-corrected chi connectivity index (χ3v) is 4.12. The van der Waals surface area contributed by atoms with E-state index in [1.807, 2.05) is 0 Å². The Bertz CT molecular complexity index is 726. The van der Waals surface area contributed by atoms with Crippen molar-refractivity contribution in [2.24, 2.45) is 5.92 Å². The third kappa shape index (κ3) is 3.53. The smallest absolute Gasteiger partial charge is 0.308 e. The van der Waals surface area contributed by atoms with Crippen LogP contribution in [0.15, 0.2) is 34.9 Å². The van der Waals surface area contributed by atoms with Gasteiger partial charge in [-0.25, -0.2) is 4.98 Å². The van der Waals surface area contributed by atoms with Gasteiger partial charge in [-0.3, -0.25) is 9.59 Å². The van der Waals surface area contributed by atoms with Crippen molar-refractivity contribution in [1.82, 2.24) is 9.88 Å². The van der Waals surface area contributed by atoms with Crippen LogP contribution in [0.3, 0.4) is 0 Å². The molecule has 0 aliphatic carbocycles. The summed E-state index contributed by atoms with van der Waals surface area (Å²) in [6, 6.07) is 7.06. The Morgan fingerprint density at radius 2 is 2.09 bits per heavy atom. The van der Waals surface area contributed by atoms with Crippen molar-refractivity contribution in [3.63, 3.8) is 0 Å². The van der Waals surface area contributed by atoms with Gasteiger partial charge in [-0.1, -0.05) is 11.6 Å². The molecule has 1 N–H and O–H groups in total. The Hall–Kier alpha value is -2.34. The highest BCUT2D eigenvalue weighted by Gasteiger charge is 2.31. The number of carboxylic acids is 1. The normalized spacial score (nSPS) is 17.4. The van der Waals surface area contributed by atoms with Crippen molar-refractivity contribution in [1.29, 1.82) is 0 Å². The first kappa shape index (κ1) is 15.6. The second kappa shape index (κ2) is 6.42. The molecular formula is C16H15ClN2O4. The van der Waals surface area contributed by atoms with Gasteiger partial charge in [-0.15, -0.1) is 0 Å². The zero-order chi connectivity index (χ0) is 16.4. The summed E-state index contributed by atoms with van der Waals surface area (Å²) in [6.07, 6.45) is 2.05. The number of hydrogen-bond acceptors (Lipinski definition) is 4. The minimum atomic E-state index is -0.855. The largest absolute Gasteiger partial charge is 0.481 e. The highest BCUT2D eigenvalue weighted by atomic mass is 35.5. The van der Waals surface area contributed by atoms with Gasteiger partial charge in [0.2, 0.25) is 11.8 Å². The number of rotatable bonds is 4. The summed E-state index contributed by atoms with van der Waals surface area (Å²) < 4.78 is 5.39. The number of likely N-dealkylation sites (tertiary alicyclic amines) is 1. The van der Waals surface area contributed by atoms with Crippen LogP contribution in [0.2, 0.25) is 5.02 Å². The first-order chi connectivity index (χ1) is 11.0. The quantitative estimate of drug-likeness (QED) is 0.928. The number of oxazole rings is 1. The van der Waals surface area contributed by atoms with Crippen molar-refractivity contribution >= 4 is 23.5 Å². The standard InChI is InChI=1S/C16H15ClN2O4/c17-12-3-1-10(2-4-12)15-18-13(9-23-15)7-14(20)19-6-5-11(8-19)16(21)22/h1-4,9,11H,5-8H2,(H,21,22)/t11-/m0/s1. The zero-order valence-corrected chi connectivity index (χ0v) is 13.0. The van der Waals surface area contributed by atoms with Crippen LogP contribution in [0.4, 0.5) is 0 Å². The van der Waals surface area contributed by atoms with Crippen molar-refractivity contribution < 1.29 is 19.1 Å². The van der Waals surface area contributed by atoms with Crippen molar-refractivity contribution in [2.45, 2.75) is 12.8 Å². The van der Waals surface area contributed by atoms with E-state index in [-0.39, 0.29) is 18.9 Å². The van der Waals surface area contributed by atoms with Gasteiger partial charge in [0.1, 0.15) is 6.26 Å². The monoisotopic (exact) mass is 334 g/mol. The van der Waals surface area contributed by atoms with E-state index in [1.54, 1.807) is 29.2 Å². The number of carboxylic acid groups (broad SMARTS) is 1. The molecule has 0 saturated carbocycles. The number of halogens is 1. The molecule has 0 bridgehead atoms. The molecule has 120 valence electrons. The van der Waals surface area contributed by atoms with Crippen LogP contribution in [-0.4, -0.2) is 40.0 Å². The summed E-state index contributed by atoms with van der Waals surface area (Å²) in [4.78, 5) is 29.0. The Labute approximate surface area is 137 Å². The van der Waals surface area contributed by atoms with E-state index in [0.717, 1.165) is 5.56 Å². The van der Waals surface area contributed by atoms with Gasteiger partial charge < -0.3 is 14.4 Å². The Morgan fingerprint density at radius 3 is 2.74 bits per heavy atom. The van der Waals surface area contributed by atoms with Crippen LogP contribution in [-0.2, 0) is 16.0 Å². The van der Waals surface area contributed by atoms with Gasteiger partial charge in [0.15, 0.2) is 0 Å². The topological polar surface area (TPSA) is 83.6 Å². The SMILES string of the molecule is O=C(O)[C@H]1CCN(C(=O)Cc2coc(-c3ccc(Cl)cc3)n2)C1.